The van der Waals surface area contributed by atoms with Gasteiger partial charge in [0.1, 0.15) is 0 Å². The van der Waals surface area contributed by atoms with Crippen LogP contribution in [-0.2, 0) is 13.6 Å². The first-order valence-electron chi connectivity index (χ1n) is 7.60. The van der Waals surface area contributed by atoms with Crippen molar-refractivity contribution in [2.45, 2.75) is 70.8 Å². The third kappa shape index (κ3) is 4.05. The quantitative estimate of drug-likeness (QED) is 0.501. The smallest absolute Gasteiger partial charge is 0.335 e. The van der Waals surface area contributed by atoms with Crippen LogP contribution in [0, 0.1) is 5.92 Å². The van der Waals surface area contributed by atoms with E-state index in [9.17, 15) is 0 Å². The third-order valence-corrected chi connectivity index (χ3v) is 6.94. The standard InChI is InChI=1S/C14H28O3Si/c1-4-8-15-18(3,16-9-5-2)11-12-6-7-13-14(10-12)17-13/h12-14H,4-11H2,1-3H3. The average Bonchev–Trinajstić information content (AvgIpc) is 3.12. The monoisotopic (exact) mass is 272 g/mol. The zero-order valence-corrected chi connectivity index (χ0v) is 13.1. The summed E-state index contributed by atoms with van der Waals surface area (Å²) in [7, 11) is -1.95. The molecule has 3 atom stereocenters. The van der Waals surface area contributed by atoms with E-state index in [2.05, 4.69) is 20.4 Å². The molecular formula is C14H28O3Si. The van der Waals surface area contributed by atoms with E-state index in [1.165, 1.54) is 19.3 Å². The largest absolute Gasteiger partial charge is 0.394 e. The lowest BCUT2D eigenvalue weighted by molar-refractivity contribution is 0.165. The molecule has 0 aromatic heterocycles. The Morgan fingerprint density at radius 2 is 1.72 bits per heavy atom. The van der Waals surface area contributed by atoms with Crippen LogP contribution in [0.25, 0.3) is 0 Å². The molecule has 4 heteroatoms. The average molecular weight is 272 g/mol. The van der Waals surface area contributed by atoms with Crippen molar-refractivity contribution < 1.29 is 13.6 Å². The zero-order valence-electron chi connectivity index (χ0n) is 12.1. The summed E-state index contributed by atoms with van der Waals surface area (Å²) >= 11 is 0. The van der Waals surface area contributed by atoms with Gasteiger partial charge < -0.3 is 13.6 Å². The van der Waals surface area contributed by atoms with Crippen molar-refractivity contribution in [3.05, 3.63) is 0 Å². The van der Waals surface area contributed by atoms with Crippen LogP contribution >= 0.6 is 0 Å². The summed E-state index contributed by atoms with van der Waals surface area (Å²) in [5.74, 6) is 0.763. The summed E-state index contributed by atoms with van der Waals surface area (Å²) in [5.41, 5.74) is 0. The maximum Gasteiger partial charge on any atom is 0.335 e. The molecule has 2 fully saturated rings. The molecule has 0 spiro atoms. The number of epoxide rings is 1. The van der Waals surface area contributed by atoms with Crippen molar-refractivity contribution in [3.8, 4) is 0 Å². The number of hydrogen-bond donors (Lipinski definition) is 0. The summed E-state index contributed by atoms with van der Waals surface area (Å²) < 4.78 is 17.8. The number of hydrogen-bond acceptors (Lipinski definition) is 3. The predicted molar refractivity (Wildman–Crippen MR) is 74.9 cm³/mol. The number of rotatable bonds is 8. The van der Waals surface area contributed by atoms with Gasteiger partial charge in [0, 0.05) is 13.2 Å². The summed E-state index contributed by atoms with van der Waals surface area (Å²) in [4.78, 5) is 0. The Morgan fingerprint density at radius 1 is 1.06 bits per heavy atom. The van der Waals surface area contributed by atoms with Crippen molar-refractivity contribution in [2.24, 2.45) is 5.92 Å². The Kier molecular flexibility index (Phi) is 5.24. The van der Waals surface area contributed by atoms with E-state index < -0.39 is 8.56 Å². The number of fused-ring (bicyclic) bond motifs is 1. The van der Waals surface area contributed by atoms with Gasteiger partial charge in [0.25, 0.3) is 0 Å². The first kappa shape index (κ1) is 14.5. The van der Waals surface area contributed by atoms with E-state index in [-0.39, 0.29) is 0 Å². The summed E-state index contributed by atoms with van der Waals surface area (Å²) in [5, 5.41) is 0. The minimum atomic E-state index is -1.95. The van der Waals surface area contributed by atoms with Crippen LogP contribution in [0.3, 0.4) is 0 Å². The Hall–Kier alpha value is 0.0969. The molecule has 0 amide bonds. The summed E-state index contributed by atoms with van der Waals surface area (Å²) in [6.45, 7) is 8.28. The molecule has 2 aliphatic rings. The molecule has 0 aromatic rings. The van der Waals surface area contributed by atoms with Crippen LogP contribution in [-0.4, -0.2) is 34.0 Å². The maximum atomic E-state index is 6.11. The molecular weight excluding hydrogens is 244 g/mol. The van der Waals surface area contributed by atoms with Crippen molar-refractivity contribution in [1.82, 2.24) is 0 Å². The van der Waals surface area contributed by atoms with E-state index in [1.54, 1.807) is 0 Å². The van der Waals surface area contributed by atoms with Crippen LogP contribution in [0.4, 0.5) is 0 Å². The van der Waals surface area contributed by atoms with Gasteiger partial charge in [-0.3, -0.25) is 0 Å². The predicted octanol–water partition coefficient (Wildman–Crippen LogP) is 3.48. The van der Waals surface area contributed by atoms with Gasteiger partial charge in [-0.15, -0.1) is 0 Å². The van der Waals surface area contributed by atoms with Crippen LogP contribution < -0.4 is 0 Å². The fraction of sp³-hybridized carbons (Fsp3) is 1.00. The lowest BCUT2D eigenvalue weighted by atomic mass is 9.91. The first-order chi connectivity index (χ1) is 8.67. The van der Waals surface area contributed by atoms with E-state index in [4.69, 9.17) is 13.6 Å². The second-order valence-electron chi connectivity index (χ2n) is 5.93. The fourth-order valence-electron chi connectivity index (χ4n) is 2.99. The normalized spacial score (nSPS) is 31.2. The SMILES string of the molecule is CCCO[Si](C)(CC1CCC2OC2C1)OCCC. The highest BCUT2D eigenvalue weighted by atomic mass is 28.4. The Morgan fingerprint density at radius 3 is 2.28 bits per heavy atom. The van der Waals surface area contributed by atoms with Gasteiger partial charge in [-0.05, 0) is 50.6 Å². The maximum absolute atomic E-state index is 6.11. The van der Waals surface area contributed by atoms with Crippen molar-refractivity contribution >= 4 is 8.56 Å². The molecule has 1 saturated carbocycles. The van der Waals surface area contributed by atoms with Gasteiger partial charge in [-0.1, -0.05) is 13.8 Å². The molecule has 3 unspecified atom stereocenters. The molecule has 1 aliphatic carbocycles. The minimum absolute atomic E-state index is 0.569. The van der Waals surface area contributed by atoms with Crippen LogP contribution in [0.1, 0.15) is 46.0 Å². The second kappa shape index (κ2) is 6.50. The molecule has 1 aliphatic heterocycles. The summed E-state index contributed by atoms with van der Waals surface area (Å²) in [6, 6.07) is 1.15. The van der Waals surface area contributed by atoms with Crippen LogP contribution in [0.5, 0.6) is 0 Å². The van der Waals surface area contributed by atoms with Crippen molar-refractivity contribution in [3.63, 3.8) is 0 Å². The van der Waals surface area contributed by atoms with Crippen molar-refractivity contribution in [2.75, 3.05) is 13.2 Å². The molecule has 1 saturated heterocycles. The lowest BCUT2D eigenvalue weighted by Gasteiger charge is -2.31. The highest BCUT2D eigenvalue weighted by Gasteiger charge is 2.46. The lowest BCUT2D eigenvalue weighted by Crippen LogP contribution is -2.41. The van der Waals surface area contributed by atoms with E-state index in [0.717, 1.165) is 38.0 Å². The van der Waals surface area contributed by atoms with Gasteiger partial charge in [0.15, 0.2) is 0 Å². The van der Waals surface area contributed by atoms with Crippen molar-refractivity contribution in [1.29, 1.82) is 0 Å². The second-order valence-corrected chi connectivity index (χ2v) is 9.18. The van der Waals surface area contributed by atoms with E-state index >= 15 is 0 Å². The third-order valence-electron chi connectivity index (χ3n) is 4.00. The molecule has 106 valence electrons. The highest BCUT2D eigenvalue weighted by molar-refractivity contribution is 6.66. The van der Waals surface area contributed by atoms with Gasteiger partial charge in [-0.25, -0.2) is 0 Å². The molecule has 0 bridgehead atoms. The van der Waals surface area contributed by atoms with E-state index in [0.29, 0.717) is 12.2 Å². The molecule has 3 nitrogen and oxygen atoms in total. The molecule has 2 rings (SSSR count). The summed E-state index contributed by atoms with van der Waals surface area (Å²) in [6.07, 6.45) is 7.11. The molecule has 1 heterocycles. The van der Waals surface area contributed by atoms with Crippen LogP contribution in [0.2, 0.25) is 12.6 Å². The Labute approximate surface area is 112 Å². The first-order valence-corrected chi connectivity index (χ1v) is 10.1. The molecule has 0 aromatic carbocycles. The van der Waals surface area contributed by atoms with E-state index in [1.807, 2.05) is 0 Å². The number of ether oxygens (including phenoxy) is 1. The molecule has 18 heavy (non-hydrogen) atoms. The van der Waals surface area contributed by atoms with Gasteiger partial charge >= 0.3 is 8.56 Å². The highest BCUT2D eigenvalue weighted by Crippen LogP contribution is 2.42. The van der Waals surface area contributed by atoms with Gasteiger partial charge in [-0.2, -0.15) is 0 Å². The molecule has 0 N–H and O–H groups in total. The van der Waals surface area contributed by atoms with Crippen LogP contribution in [0.15, 0.2) is 0 Å². The Balaban J connectivity index is 1.82. The fourth-order valence-corrected chi connectivity index (χ4v) is 6.00. The molecule has 0 radical (unpaired) electrons. The Bertz CT molecular complexity index is 251. The zero-order chi connectivity index (χ0) is 13.0. The minimum Gasteiger partial charge on any atom is -0.394 e. The topological polar surface area (TPSA) is 31.0 Å². The van der Waals surface area contributed by atoms with Gasteiger partial charge in [0.2, 0.25) is 0 Å². The van der Waals surface area contributed by atoms with Gasteiger partial charge in [0.05, 0.1) is 12.2 Å².